The first-order valence-electron chi connectivity index (χ1n) is 7.83. The van der Waals surface area contributed by atoms with Crippen LogP contribution in [0.2, 0.25) is 0 Å². The summed E-state index contributed by atoms with van der Waals surface area (Å²) in [7, 11) is 0. The molecule has 1 saturated heterocycles. The van der Waals surface area contributed by atoms with E-state index in [1.807, 2.05) is 36.4 Å². The fraction of sp³-hybridized carbons (Fsp3) is 0.200. The van der Waals surface area contributed by atoms with Crippen LogP contribution in [-0.4, -0.2) is 22.3 Å². The molecule has 0 N–H and O–H groups in total. The Labute approximate surface area is 141 Å². The number of carbonyl (C=O) groups excluding carboxylic acids is 2. The first-order chi connectivity index (χ1) is 11.6. The molecule has 24 heavy (non-hydrogen) atoms. The Morgan fingerprint density at radius 3 is 2.33 bits per heavy atom. The highest BCUT2D eigenvalue weighted by Gasteiger charge is 2.54. The molecule has 2 atom stereocenters. The van der Waals surface area contributed by atoms with Crippen LogP contribution in [0.1, 0.15) is 35.5 Å². The summed E-state index contributed by atoms with van der Waals surface area (Å²) in [6.45, 7) is 5.45. The van der Waals surface area contributed by atoms with Gasteiger partial charge in [0, 0.05) is 11.1 Å². The molecule has 0 aromatic heterocycles. The highest BCUT2D eigenvalue weighted by molar-refractivity contribution is 5.99. The monoisotopic (exact) mass is 321 g/mol. The van der Waals surface area contributed by atoms with E-state index >= 15 is 0 Å². The number of cyclic esters (lactones) is 1. The number of hydrogen-bond acceptors (Lipinski definition) is 3. The van der Waals surface area contributed by atoms with Gasteiger partial charge in [0.2, 0.25) is 6.23 Å². The maximum Gasteiger partial charge on any atom is 0.334 e. The van der Waals surface area contributed by atoms with E-state index in [4.69, 9.17) is 4.74 Å². The minimum atomic E-state index is -1.07. The number of nitrogens with zero attached hydrogens (tertiary/aromatic N) is 1. The summed E-state index contributed by atoms with van der Waals surface area (Å²) in [4.78, 5) is 27.2. The molecular weight excluding hydrogens is 302 g/mol. The summed E-state index contributed by atoms with van der Waals surface area (Å²) in [5.74, 6) is -0.653. The second-order valence-corrected chi connectivity index (χ2v) is 5.98. The smallest absolute Gasteiger partial charge is 0.334 e. The van der Waals surface area contributed by atoms with Crippen LogP contribution in [0.15, 0.2) is 73.3 Å². The van der Waals surface area contributed by atoms with Crippen LogP contribution in [0.4, 0.5) is 0 Å². The van der Waals surface area contributed by atoms with Gasteiger partial charge in [0.25, 0.3) is 5.91 Å². The van der Waals surface area contributed by atoms with Crippen molar-refractivity contribution >= 4 is 11.9 Å². The summed E-state index contributed by atoms with van der Waals surface area (Å²) < 4.78 is 5.59. The van der Waals surface area contributed by atoms with Crippen LogP contribution in [-0.2, 0) is 9.53 Å². The Balaban J connectivity index is 2.08. The first-order valence-corrected chi connectivity index (χ1v) is 7.83. The highest BCUT2D eigenvalue weighted by Crippen LogP contribution is 2.41. The van der Waals surface area contributed by atoms with Crippen LogP contribution in [0.5, 0.6) is 0 Å². The normalized spacial score (nSPS) is 23.0. The van der Waals surface area contributed by atoms with Crippen molar-refractivity contribution in [2.75, 3.05) is 0 Å². The molecule has 2 aromatic rings. The van der Waals surface area contributed by atoms with E-state index in [1.165, 1.54) is 4.90 Å². The van der Waals surface area contributed by atoms with Crippen LogP contribution < -0.4 is 0 Å². The van der Waals surface area contributed by atoms with E-state index in [9.17, 15) is 9.59 Å². The molecule has 0 bridgehead atoms. The minimum absolute atomic E-state index is 0.236. The van der Waals surface area contributed by atoms with E-state index in [0.29, 0.717) is 12.0 Å². The minimum Gasteiger partial charge on any atom is -0.435 e. The zero-order valence-electron chi connectivity index (χ0n) is 13.5. The second kappa shape index (κ2) is 6.32. The zero-order chi connectivity index (χ0) is 17.2. The molecule has 0 unspecified atom stereocenters. The lowest BCUT2D eigenvalue weighted by molar-refractivity contribution is -0.145. The number of amides is 1. The molecular formula is C20H19NO3. The average molecular weight is 321 g/mol. The van der Waals surface area contributed by atoms with Gasteiger partial charge in [-0.2, -0.15) is 0 Å². The molecule has 4 heteroatoms. The number of carbonyl (C=O) groups is 2. The molecule has 1 heterocycles. The fourth-order valence-electron chi connectivity index (χ4n) is 2.99. The third-order valence-electron chi connectivity index (χ3n) is 4.29. The van der Waals surface area contributed by atoms with Gasteiger partial charge < -0.3 is 4.74 Å². The van der Waals surface area contributed by atoms with Crippen molar-refractivity contribution in [1.82, 2.24) is 4.90 Å². The molecule has 1 amide bonds. The van der Waals surface area contributed by atoms with Crippen LogP contribution >= 0.6 is 0 Å². The number of rotatable bonds is 4. The summed E-state index contributed by atoms with van der Waals surface area (Å²) >= 11 is 0. The van der Waals surface area contributed by atoms with Crippen molar-refractivity contribution < 1.29 is 14.3 Å². The van der Waals surface area contributed by atoms with Gasteiger partial charge in [-0.15, -0.1) is 6.58 Å². The Hall–Kier alpha value is -2.88. The molecule has 1 aliphatic heterocycles. The molecule has 3 rings (SSSR count). The maximum absolute atomic E-state index is 13.1. The molecule has 1 aliphatic rings. The van der Waals surface area contributed by atoms with Gasteiger partial charge in [-0.05, 0) is 25.5 Å². The van der Waals surface area contributed by atoms with Crippen LogP contribution in [0, 0.1) is 0 Å². The maximum atomic E-state index is 13.1. The predicted molar refractivity (Wildman–Crippen MR) is 91.1 cm³/mol. The van der Waals surface area contributed by atoms with Gasteiger partial charge in [-0.3, -0.25) is 9.69 Å². The van der Waals surface area contributed by atoms with Gasteiger partial charge in [0.15, 0.2) is 0 Å². The molecule has 2 aromatic carbocycles. The van der Waals surface area contributed by atoms with Crippen molar-refractivity contribution in [3.8, 4) is 0 Å². The first kappa shape index (κ1) is 16.0. The zero-order valence-corrected chi connectivity index (χ0v) is 13.5. The van der Waals surface area contributed by atoms with Gasteiger partial charge in [-0.25, -0.2) is 4.79 Å². The largest absolute Gasteiger partial charge is 0.435 e. The van der Waals surface area contributed by atoms with Crippen molar-refractivity contribution in [3.05, 3.63) is 84.4 Å². The SMILES string of the molecule is C=CC[C@]1(C)C(=O)O[C@@H](c2ccccc2)N1C(=O)c1ccccc1. The van der Waals surface area contributed by atoms with Crippen LogP contribution in [0.25, 0.3) is 0 Å². The lowest BCUT2D eigenvalue weighted by atomic mass is 9.95. The van der Waals surface area contributed by atoms with E-state index in [1.54, 1.807) is 37.3 Å². The third-order valence-corrected chi connectivity index (χ3v) is 4.29. The lowest BCUT2D eigenvalue weighted by Gasteiger charge is -2.33. The van der Waals surface area contributed by atoms with Crippen molar-refractivity contribution in [2.45, 2.75) is 25.1 Å². The highest BCUT2D eigenvalue weighted by atomic mass is 16.6. The van der Waals surface area contributed by atoms with E-state index < -0.39 is 17.7 Å². The standard InChI is InChI=1S/C20H19NO3/c1-3-14-20(2)19(23)24-18(16-12-8-5-9-13-16)21(20)17(22)15-10-6-4-7-11-15/h3-13,18H,1,14H2,2H3/t18-,20+/m0/s1. The molecule has 0 radical (unpaired) electrons. The topological polar surface area (TPSA) is 46.6 Å². The summed E-state index contributed by atoms with van der Waals surface area (Å²) in [6, 6.07) is 18.2. The molecule has 122 valence electrons. The third kappa shape index (κ3) is 2.60. The van der Waals surface area contributed by atoms with Gasteiger partial charge >= 0.3 is 5.97 Å². The second-order valence-electron chi connectivity index (χ2n) is 5.98. The van der Waals surface area contributed by atoms with Gasteiger partial charge in [0.1, 0.15) is 5.54 Å². The Bertz CT molecular complexity index is 757. The van der Waals surface area contributed by atoms with Gasteiger partial charge in [-0.1, -0.05) is 54.6 Å². The predicted octanol–water partition coefficient (Wildman–Crippen LogP) is 3.72. The lowest BCUT2D eigenvalue weighted by Crippen LogP contribution is -2.49. The number of benzene rings is 2. The van der Waals surface area contributed by atoms with Gasteiger partial charge in [0.05, 0.1) is 0 Å². The van der Waals surface area contributed by atoms with Crippen LogP contribution in [0.3, 0.4) is 0 Å². The fourth-order valence-corrected chi connectivity index (χ4v) is 2.99. The molecule has 0 spiro atoms. The van der Waals surface area contributed by atoms with E-state index in [0.717, 1.165) is 5.56 Å². The summed E-state index contributed by atoms with van der Waals surface area (Å²) in [5, 5.41) is 0. The number of hydrogen-bond donors (Lipinski definition) is 0. The quantitative estimate of drug-likeness (QED) is 0.637. The van der Waals surface area contributed by atoms with Crippen molar-refractivity contribution in [1.29, 1.82) is 0 Å². The number of esters is 1. The average Bonchev–Trinajstić information content (AvgIpc) is 2.87. The Kier molecular flexibility index (Phi) is 4.21. The number of ether oxygens (including phenoxy) is 1. The van der Waals surface area contributed by atoms with Crippen molar-refractivity contribution in [3.63, 3.8) is 0 Å². The molecule has 0 saturated carbocycles. The van der Waals surface area contributed by atoms with E-state index in [2.05, 4.69) is 6.58 Å². The van der Waals surface area contributed by atoms with E-state index in [-0.39, 0.29) is 5.91 Å². The molecule has 0 aliphatic carbocycles. The van der Waals surface area contributed by atoms with Crippen molar-refractivity contribution in [2.24, 2.45) is 0 Å². The Morgan fingerprint density at radius 1 is 1.17 bits per heavy atom. The molecule has 1 fully saturated rings. The molecule has 4 nitrogen and oxygen atoms in total. The Morgan fingerprint density at radius 2 is 1.75 bits per heavy atom. The summed E-state index contributed by atoms with van der Waals surface area (Å²) in [5.41, 5.74) is 0.213. The summed E-state index contributed by atoms with van der Waals surface area (Å²) in [6.07, 6.45) is 1.23.